The molecular formula is C24H21N3O4S2. The first-order valence-electron chi connectivity index (χ1n) is 9.93. The minimum Gasteiger partial charge on any atom is -0.507 e. The Morgan fingerprint density at radius 2 is 1.82 bits per heavy atom. The molecule has 9 heteroatoms. The van der Waals surface area contributed by atoms with Gasteiger partial charge in [0.1, 0.15) is 10.8 Å². The number of anilines is 1. The number of aromatic nitrogens is 1. The molecule has 0 aliphatic heterocycles. The number of hydrogen-bond acceptors (Lipinski definition) is 7. The van der Waals surface area contributed by atoms with Crippen LogP contribution in [0.15, 0.2) is 54.6 Å². The average molecular weight is 480 g/mol. The Balaban J connectivity index is 1.54. The third-order valence-electron chi connectivity index (χ3n) is 4.96. The number of nitrogens with zero attached hydrogens (tertiary/aromatic N) is 1. The first-order valence-corrected chi connectivity index (χ1v) is 11.2. The van der Waals surface area contributed by atoms with Crippen molar-refractivity contribution in [1.29, 1.82) is 0 Å². The highest BCUT2D eigenvalue weighted by Crippen LogP contribution is 2.38. The van der Waals surface area contributed by atoms with Crippen molar-refractivity contribution in [3.63, 3.8) is 0 Å². The summed E-state index contributed by atoms with van der Waals surface area (Å²) in [5.74, 6) is 0.727. The molecule has 7 nitrogen and oxygen atoms in total. The van der Waals surface area contributed by atoms with Crippen molar-refractivity contribution in [2.45, 2.75) is 6.92 Å². The Labute approximate surface area is 200 Å². The van der Waals surface area contributed by atoms with Gasteiger partial charge in [0.15, 0.2) is 16.6 Å². The van der Waals surface area contributed by atoms with Crippen molar-refractivity contribution >= 4 is 50.5 Å². The van der Waals surface area contributed by atoms with Gasteiger partial charge in [0.25, 0.3) is 5.91 Å². The number of hydrogen-bond donors (Lipinski definition) is 3. The first-order chi connectivity index (χ1) is 15.9. The van der Waals surface area contributed by atoms with E-state index in [0.29, 0.717) is 38.9 Å². The average Bonchev–Trinajstić information content (AvgIpc) is 3.24. The van der Waals surface area contributed by atoms with Crippen LogP contribution in [0.4, 0.5) is 5.69 Å². The number of fused-ring (bicyclic) bond motifs is 1. The van der Waals surface area contributed by atoms with Gasteiger partial charge in [0.05, 0.1) is 30.0 Å². The fourth-order valence-electron chi connectivity index (χ4n) is 3.32. The minimum atomic E-state index is -0.393. The lowest BCUT2D eigenvalue weighted by molar-refractivity contribution is 0.0977. The number of methoxy groups -OCH3 is 2. The Hall–Kier alpha value is -3.69. The van der Waals surface area contributed by atoms with Crippen LogP contribution in [0, 0.1) is 6.92 Å². The molecule has 0 fully saturated rings. The number of aryl methyl sites for hydroxylation is 1. The Bertz CT molecular complexity index is 1330. The molecule has 1 heterocycles. The summed E-state index contributed by atoms with van der Waals surface area (Å²) >= 11 is 6.83. The van der Waals surface area contributed by atoms with Crippen LogP contribution in [0.5, 0.6) is 17.2 Å². The molecule has 168 valence electrons. The van der Waals surface area contributed by atoms with Crippen molar-refractivity contribution in [2.24, 2.45) is 0 Å². The van der Waals surface area contributed by atoms with Crippen LogP contribution >= 0.6 is 23.6 Å². The number of para-hydroxylation sites is 1. The summed E-state index contributed by atoms with van der Waals surface area (Å²) in [7, 11) is 3.03. The maximum atomic E-state index is 12.6. The molecule has 0 aliphatic rings. The van der Waals surface area contributed by atoms with Gasteiger partial charge < -0.3 is 19.9 Å². The van der Waals surface area contributed by atoms with Gasteiger partial charge in [-0.2, -0.15) is 0 Å². The van der Waals surface area contributed by atoms with Crippen molar-refractivity contribution < 1.29 is 19.4 Å². The van der Waals surface area contributed by atoms with Gasteiger partial charge in [-0.05, 0) is 67.2 Å². The fraction of sp³-hybridized carbons (Fsp3) is 0.125. The van der Waals surface area contributed by atoms with Crippen LogP contribution in [0.25, 0.3) is 20.8 Å². The molecule has 33 heavy (non-hydrogen) atoms. The molecule has 0 saturated heterocycles. The molecule has 0 saturated carbocycles. The van der Waals surface area contributed by atoms with E-state index in [2.05, 4.69) is 15.6 Å². The summed E-state index contributed by atoms with van der Waals surface area (Å²) in [6.45, 7) is 1.79. The van der Waals surface area contributed by atoms with Gasteiger partial charge in [-0.15, -0.1) is 11.3 Å². The topological polar surface area (TPSA) is 92.7 Å². The molecule has 0 atom stereocenters. The number of aromatic hydroxyl groups is 1. The fourth-order valence-corrected chi connectivity index (χ4v) is 4.51. The second kappa shape index (κ2) is 9.43. The number of thiocarbonyl (C=S) groups is 1. The smallest absolute Gasteiger partial charge is 0.257 e. The number of rotatable bonds is 5. The molecule has 4 rings (SSSR count). The normalized spacial score (nSPS) is 10.6. The van der Waals surface area contributed by atoms with Crippen LogP contribution < -0.4 is 20.1 Å². The van der Waals surface area contributed by atoms with Crippen molar-refractivity contribution in [1.82, 2.24) is 10.3 Å². The van der Waals surface area contributed by atoms with E-state index in [1.54, 1.807) is 37.3 Å². The van der Waals surface area contributed by atoms with Crippen LogP contribution in [0.1, 0.15) is 15.9 Å². The van der Waals surface area contributed by atoms with Gasteiger partial charge in [-0.25, -0.2) is 4.98 Å². The minimum absolute atomic E-state index is 0.120. The lowest BCUT2D eigenvalue weighted by Crippen LogP contribution is -2.34. The molecule has 1 amide bonds. The summed E-state index contributed by atoms with van der Waals surface area (Å²) in [4.78, 5) is 17.3. The van der Waals surface area contributed by atoms with Crippen LogP contribution in [0.3, 0.4) is 0 Å². The maximum absolute atomic E-state index is 12.6. The summed E-state index contributed by atoms with van der Waals surface area (Å²) in [5.41, 5.74) is 3.10. The lowest BCUT2D eigenvalue weighted by atomic mass is 10.1. The highest BCUT2D eigenvalue weighted by Gasteiger charge is 2.16. The molecule has 4 aromatic rings. The highest BCUT2D eigenvalue weighted by atomic mass is 32.1. The van der Waals surface area contributed by atoms with Gasteiger partial charge in [-0.1, -0.05) is 12.1 Å². The summed E-state index contributed by atoms with van der Waals surface area (Å²) in [6, 6.07) is 16.2. The molecular weight excluding hydrogens is 458 g/mol. The zero-order chi connectivity index (χ0) is 23.5. The quantitative estimate of drug-likeness (QED) is 0.270. The van der Waals surface area contributed by atoms with Crippen LogP contribution in [0.2, 0.25) is 0 Å². The summed E-state index contributed by atoms with van der Waals surface area (Å²) in [6.07, 6.45) is 0. The first kappa shape index (κ1) is 22.5. The van der Waals surface area contributed by atoms with E-state index in [4.69, 9.17) is 21.7 Å². The molecule has 0 aliphatic carbocycles. The Morgan fingerprint density at radius 1 is 1.06 bits per heavy atom. The van der Waals surface area contributed by atoms with E-state index < -0.39 is 5.91 Å². The number of benzene rings is 3. The van der Waals surface area contributed by atoms with E-state index in [9.17, 15) is 9.90 Å². The zero-order valence-electron chi connectivity index (χ0n) is 18.1. The van der Waals surface area contributed by atoms with Crippen LogP contribution in [-0.2, 0) is 0 Å². The van der Waals surface area contributed by atoms with Gasteiger partial charge in [-0.3, -0.25) is 10.1 Å². The third kappa shape index (κ3) is 4.74. The van der Waals surface area contributed by atoms with Gasteiger partial charge in [0, 0.05) is 11.3 Å². The highest BCUT2D eigenvalue weighted by molar-refractivity contribution is 7.80. The van der Waals surface area contributed by atoms with E-state index >= 15 is 0 Å². The van der Waals surface area contributed by atoms with E-state index in [-0.39, 0.29) is 10.9 Å². The summed E-state index contributed by atoms with van der Waals surface area (Å²) < 4.78 is 11.5. The van der Waals surface area contributed by atoms with Crippen LogP contribution in [-0.4, -0.2) is 35.3 Å². The largest absolute Gasteiger partial charge is 0.507 e. The van der Waals surface area contributed by atoms with Crippen molar-refractivity contribution in [3.05, 3.63) is 65.7 Å². The molecule has 1 aromatic heterocycles. The Kier molecular flexibility index (Phi) is 6.43. The molecule has 3 aromatic carbocycles. The standard InChI is InChI=1S/C24H21N3O4S2/c1-13-10-15(12-16(21(13)28)23-26-17-6-4-5-7-20(17)33-23)25-24(32)27-22(29)14-8-9-18(30-2)19(11-14)31-3/h4-12,28H,1-3H3,(H2,25,27,29,32). The predicted molar refractivity (Wildman–Crippen MR) is 135 cm³/mol. The van der Waals surface area contributed by atoms with Gasteiger partial charge >= 0.3 is 0 Å². The third-order valence-corrected chi connectivity index (χ3v) is 6.23. The van der Waals surface area contributed by atoms with Gasteiger partial charge in [0.2, 0.25) is 0 Å². The van der Waals surface area contributed by atoms with E-state index in [0.717, 1.165) is 10.2 Å². The second-order valence-electron chi connectivity index (χ2n) is 7.15. The second-order valence-corrected chi connectivity index (χ2v) is 8.59. The number of carbonyl (C=O) groups is 1. The molecule has 0 unspecified atom stereocenters. The Morgan fingerprint density at radius 3 is 2.55 bits per heavy atom. The van der Waals surface area contributed by atoms with E-state index in [1.807, 2.05) is 24.3 Å². The molecule has 0 bridgehead atoms. The van der Waals surface area contributed by atoms with E-state index in [1.165, 1.54) is 25.6 Å². The predicted octanol–water partition coefficient (Wildman–Crippen LogP) is 5.12. The molecule has 0 spiro atoms. The number of phenolic OH excluding ortho intramolecular Hbond substituents is 1. The number of amides is 1. The van der Waals surface area contributed by atoms with Crippen molar-refractivity contribution in [2.75, 3.05) is 19.5 Å². The number of phenols is 1. The van der Waals surface area contributed by atoms with Crippen molar-refractivity contribution in [3.8, 4) is 27.8 Å². The number of nitrogens with one attached hydrogen (secondary N) is 2. The molecule has 0 radical (unpaired) electrons. The number of carbonyl (C=O) groups excluding carboxylic acids is 1. The SMILES string of the molecule is COc1ccc(C(=O)NC(=S)Nc2cc(C)c(O)c(-c3nc4ccccc4s3)c2)cc1OC. The maximum Gasteiger partial charge on any atom is 0.257 e. The molecule has 3 N–H and O–H groups in total. The summed E-state index contributed by atoms with van der Waals surface area (Å²) in [5, 5.41) is 17.1. The lowest BCUT2D eigenvalue weighted by Gasteiger charge is -2.13. The monoisotopic (exact) mass is 479 g/mol. The number of thiazole rings is 1. The number of ether oxygens (including phenoxy) is 2. The zero-order valence-corrected chi connectivity index (χ0v) is 19.8.